The molecule has 0 aliphatic carbocycles. The predicted octanol–water partition coefficient (Wildman–Crippen LogP) is 0.0996. The van der Waals surface area contributed by atoms with Gasteiger partial charge in [0.25, 0.3) is 0 Å². The van der Waals surface area contributed by atoms with E-state index in [0.29, 0.717) is 18.4 Å². The van der Waals surface area contributed by atoms with E-state index in [2.05, 4.69) is 10.2 Å². The van der Waals surface area contributed by atoms with Crippen molar-refractivity contribution in [3.05, 3.63) is 10.5 Å². The van der Waals surface area contributed by atoms with Gasteiger partial charge in [0.1, 0.15) is 0 Å². The van der Waals surface area contributed by atoms with Crippen LogP contribution in [0.2, 0.25) is 0 Å². The molecule has 1 aromatic rings. The molecule has 2 heterocycles. The fourth-order valence-electron chi connectivity index (χ4n) is 1.77. The van der Waals surface area contributed by atoms with Crippen LogP contribution in [-0.2, 0) is 9.53 Å². The summed E-state index contributed by atoms with van der Waals surface area (Å²) in [6.45, 7) is 1.18. The molecule has 2 N–H and O–H groups in total. The molecule has 1 atom stereocenters. The van der Waals surface area contributed by atoms with Gasteiger partial charge >= 0.3 is 11.7 Å². The van der Waals surface area contributed by atoms with E-state index in [1.807, 2.05) is 0 Å². The van der Waals surface area contributed by atoms with Crippen molar-refractivity contribution in [3.8, 4) is 0 Å². The first kappa shape index (κ1) is 12.2. The van der Waals surface area contributed by atoms with E-state index >= 15 is 0 Å². The van der Waals surface area contributed by atoms with E-state index in [0.717, 1.165) is 24.6 Å². The molecule has 0 spiro atoms. The molecule has 0 amide bonds. The highest BCUT2D eigenvalue weighted by Gasteiger charge is 2.22. The Morgan fingerprint density at radius 3 is 3.18 bits per heavy atom. The molecular weight excluding hydrogens is 246 g/mol. The fraction of sp³-hybridized carbons (Fsp3) is 0.667. The summed E-state index contributed by atoms with van der Waals surface area (Å²) in [4.78, 5) is 22.1. The average Bonchev–Trinajstić information content (AvgIpc) is 2.69. The van der Waals surface area contributed by atoms with Crippen molar-refractivity contribution in [1.82, 2.24) is 14.8 Å². The van der Waals surface area contributed by atoms with Crippen LogP contribution in [0.3, 0.4) is 0 Å². The lowest BCUT2D eigenvalue weighted by Gasteiger charge is -2.23. The highest BCUT2D eigenvalue weighted by Crippen LogP contribution is 2.23. The number of nitrogens with one attached hydrogen (secondary N) is 1. The lowest BCUT2D eigenvalue weighted by molar-refractivity contribution is -0.133. The second-order valence-corrected chi connectivity index (χ2v) is 4.68. The first-order valence-electron chi connectivity index (χ1n) is 5.27. The zero-order chi connectivity index (χ0) is 12.3. The van der Waals surface area contributed by atoms with Crippen LogP contribution in [0.25, 0.3) is 0 Å². The molecule has 0 aromatic carbocycles. The third kappa shape index (κ3) is 2.89. The number of thioether (sulfide) groups is 1. The number of H-pyrrole nitrogens is 1. The number of carbonyl (C=O) groups is 1. The SMILES string of the molecule is O=C(O)CSc1n[nH]c(=O)n1C1CCCOC1. The Bertz CT molecular complexity index is 449. The number of carboxylic acid groups (broad SMARTS) is 1. The number of aromatic amines is 1. The smallest absolute Gasteiger partial charge is 0.344 e. The maximum atomic E-state index is 11.6. The molecular formula is C9H13N3O4S. The Morgan fingerprint density at radius 1 is 1.71 bits per heavy atom. The quantitative estimate of drug-likeness (QED) is 0.744. The molecule has 1 aromatic heterocycles. The minimum Gasteiger partial charge on any atom is -0.481 e. The highest BCUT2D eigenvalue weighted by atomic mass is 32.2. The number of ether oxygens (including phenoxy) is 1. The number of aromatic nitrogens is 3. The van der Waals surface area contributed by atoms with Crippen LogP contribution in [0.15, 0.2) is 9.95 Å². The molecule has 17 heavy (non-hydrogen) atoms. The molecule has 1 fully saturated rings. The number of aliphatic carboxylic acids is 1. The summed E-state index contributed by atoms with van der Waals surface area (Å²) >= 11 is 1.04. The van der Waals surface area contributed by atoms with Crippen LogP contribution in [0.4, 0.5) is 0 Å². The molecule has 94 valence electrons. The van der Waals surface area contributed by atoms with Gasteiger partial charge in [-0.3, -0.25) is 9.36 Å². The third-order valence-electron chi connectivity index (χ3n) is 2.50. The second kappa shape index (κ2) is 5.37. The van der Waals surface area contributed by atoms with E-state index in [9.17, 15) is 9.59 Å². The molecule has 7 nitrogen and oxygen atoms in total. The molecule has 0 radical (unpaired) electrons. The fourth-order valence-corrected chi connectivity index (χ4v) is 2.50. The molecule has 1 unspecified atom stereocenters. The summed E-state index contributed by atoms with van der Waals surface area (Å²) in [5.74, 6) is -1.05. The number of rotatable bonds is 4. The molecule has 0 bridgehead atoms. The van der Waals surface area contributed by atoms with Crippen LogP contribution in [0.5, 0.6) is 0 Å². The van der Waals surface area contributed by atoms with E-state index in [1.165, 1.54) is 4.57 Å². The zero-order valence-electron chi connectivity index (χ0n) is 9.09. The maximum absolute atomic E-state index is 11.6. The largest absolute Gasteiger partial charge is 0.481 e. The number of carboxylic acids is 1. The van der Waals surface area contributed by atoms with Gasteiger partial charge in [0.15, 0.2) is 5.16 Å². The lowest BCUT2D eigenvalue weighted by atomic mass is 10.1. The molecule has 1 aliphatic rings. The van der Waals surface area contributed by atoms with E-state index in [4.69, 9.17) is 9.84 Å². The van der Waals surface area contributed by atoms with Crippen LogP contribution >= 0.6 is 11.8 Å². The Morgan fingerprint density at radius 2 is 2.53 bits per heavy atom. The number of hydrogen-bond acceptors (Lipinski definition) is 5. The van der Waals surface area contributed by atoms with Gasteiger partial charge in [-0.05, 0) is 12.8 Å². The van der Waals surface area contributed by atoms with Crippen molar-refractivity contribution in [2.45, 2.75) is 24.0 Å². The summed E-state index contributed by atoms with van der Waals surface area (Å²) in [6, 6.07) is -0.0497. The first-order chi connectivity index (χ1) is 8.18. The average molecular weight is 259 g/mol. The van der Waals surface area contributed by atoms with Crippen LogP contribution in [0.1, 0.15) is 18.9 Å². The molecule has 1 aliphatic heterocycles. The minimum atomic E-state index is -0.933. The number of hydrogen-bond donors (Lipinski definition) is 2. The Hall–Kier alpha value is -1.28. The van der Waals surface area contributed by atoms with Crippen molar-refractivity contribution in [3.63, 3.8) is 0 Å². The monoisotopic (exact) mass is 259 g/mol. The lowest BCUT2D eigenvalue weighted by Crippen LogP contribution is -2.29. The predicted molar refractivity (Wildman–Crippen MR) is 60.3 cm³/mol. The van der Waals surface area contributed by atoms with Gasteiger partial charge in [0, 0.05) is 6.61 Å². The van der Waals surface area contributed by atoms with Gasteiger partial charge in [-0.1, -0.05) is 11.8 Å². The molecule has 0 saturated carbocycles. The summed E-state index contributed by atoms with van der Waals surface area (Å²) in [5, 5.41) is 15.2. The molecule has 2 rings (SSSR count). The standard InChI is InChI=1S/C9H13N3O4S/c13-7(14)5-17-9-11-10-8(15)12(9)6-2-1-3-16-4-6/h6H,1-5H2,(H,10,15)(H,13,14). The van der Waals surface area contributed by atoms with Crippen LogP contribution < -0.4 is 5.69 Å². The van der Waals surface area contributed by atoms with Crippen molar-refractivity contribution in [1.29, 1.82) is 0 Å². The van der Waals surface area contributed by atoms with Gasteiger partial charge in [-0.25, -0.2) is 9.89 Å². The van der Waals surface area contributed by atoms with E-state index < -0.39 is 5.97 Å². The van der Waals surface area contributed by atoms with Crippen LogP contribution in [-0.4, -0.2) is 44.8 Å². The summed E-state index contributed by atoms with van der Waals surface area (Å²) < 4.78 is 6.81. The van der Waals surface area contributed by atoms with Crippen LogP contribution in [0, 0.1) is 0 Å². The van der Waals surface area contributed by atoms with Crippen molar-refractivity contribution in [2.24, 2.45) is 0 Å². The summed E-state index contributed by atoms with van der Waals surface area (Å²) in [7, 11) is 0. The van der Waals surface area contributed by atoms with E-state index in [1.54, 1.807) is 0 Å². The zero-order valence-corrected chi connectivity index (χ0v) is 9.90. The third-order valence-corrected chi connectivity index (χ3v) is 3.44. The first-order valence-corrected chi connectivity index (χ1v) is 6.26. The van der Waals surface area contributed by atoms with Gasteiger partial charge in [-0.2, -0.15) is 0 Å². The normalized spacial score (nSPS) is 20.4. The van der Waals surface area contributed by atoms with Crippen molar-refractivity contribution < 1.29 is 14.6 Å². The van der Waals surface area contributed by atoms with E-state index in [-0.39, 0.29) is 17.5 Å². The Balaban J connectivity index is 2.16. The van der Waals surface area contributed by atoms with Crippen molar-refractivity contribution in [2.75, 3.05) is 19.0 Å². The molecule has 8 heteroatoms. The summed E-state index contributed by atoms with van der Waals surface area (Å²) in [5.41, 5.74) is -0.312. The maximum Gasteiger partial charge on any atom is 0.344 e. The minimum absolute atomic E-state index is 0.0497. The van der Waals surface area contributed by atoms with Crippen molar-refractivity contribution >= 4 is 17.7 Å². The van der Waals surface area contributed by atoms with Gasteiger partial charge in [-0.15, -0.1) is 5.10 Å². The highest BCUT2D eigenvalue weighted by molar-refractivity contribution is 7.99. The topological polar surface area (TPSA) is 97.2 Å². The van der Waals surface area contributed by atoms with Gasteiger partial charge in [0.2, 0.25) is 0 Å². The van der Waals surface area contributed by atoms with Gasteiger partial charge in [0.05, 0.1) is 18.4 Å². The Kier molecular flexibility index (Phi) is 3.85. The summed E-state index contributed by atoms with van der Waals surface area (Å²) in [6.07, 6.45) is 1.74. The van der Waals surface area contributed by atoms with Gasteiger partial charge < -0.3 is 9.84 Å². The number of nitrogens with zero attached hydrogens (tertiary/aromatic N) is 2. The second-order valence-electron chi connectivity index (χ2n) is 3.73. The molecule has 1 saturated heterocycles. The Labute approximate surface area is 101 Å².